The van der Waals surface area contributed by atoms with E-state index in [-0.39, 0.29) is 22.9 Å². The molecule has 14 heavy (non-hydrogen) atoms. The molecule has 0 bridgehead atoms. The van der Waals surface area contributed by atoms with Crippen LogP contribution in [0.3, 0.4) is 0 Å². The first-order chi connectivity index (χ1) is 6.57. The van der Waals surface area contributed by atoms with E-state index in [0.717, 1.165) is 0 Å². The average Bonchev–Trinajstić information content (AvgIpc) is 2.13. The zero-order valence-electron chi connectivity index (χ0n) is 7.27. The summed E-state index contributed by atoms with van der Waals surface area (Å²) in [6.45, 7) is -0.0801. The summed E-state index contributed by atoms with van der Waals surface area (Å²) < 4.78 is 0. The lowest BCUT2D eigenvalue weighted by Gasteiger charge is -2.12. The van der Waals surface area contributed by atoms with Crippen LogP contribution in [0.1, 0.15) is 11.5 Å². The standard InChI is InChI=1S/C9H10ClNO3/c10-7-3-1-2-5(8(7)12)6(4-11)9(13)14/h1-3,6,12H,4,11H2,(H,13,14). The van der Waals surface area contributed by atoms with Gasteiger partial charge >= 0.3 is 5.97 Å². The van der Waals surface area contributed by atoms with Gasteiger partial charge in [-0.1, -0.05) is 23.7 Å². The molecule has 0 radical (unpaired) electrons. The van der Waals surface area contributed by atoms with Crippen molar-refractivity contribution in [3.05, 3.63) is 28.8 Å². The van der Waals surface area contributed by atoms with Gasteiger partial charge in [-0.25, -0.2) is 0 Å². The number of aromatic hydroxyl groups is 1. The van der Waals surface area contributed by atoms with Crippen molar-refractivity contribution >= 4 is 17.6 Å². The van der Waals surface area contributed by atoms with Gasteiger partial charge in [0.05, 0.1) is 10.9 Å². The largest absolute Gasteiger partial charge is 0.506 e. The lowest BCUT2D eigenvalue weighted by atomic mass is 9.98. The summed E-state index contributed by atoms with van der Waals surface area (Å²) in [5.41, 5.74) is 5.53. The Hall–Kier alpha value is -1.26. The van der Waals surface area contributed by atoms with Crippen molar-refractivity contribution in [2.24, 2.45) is 5.73 Å². The molecule has 0 saturated carbocycles. The zero-order chi connectivity index (χ0) is 10.7. The molecule has 1 rings (SSSR count). The van der Waals surface area contributed by atoms with Crippen molar-refractivity contribution in [3.63, 3.8) is 0 Å². The predicted octanol–water partition coefficient (Wildman–Crippen LogP) is 1.17. The monoisotopic (exact) mass is 215 g/mol. The minimum atomic E-state index is -1.08. The fraction of sp³-hybridized carbons (Fsp3) is 0.222. The van der Waals surface area contributed by atoms with Crippen LogP contribution < -0.4 is 5.73 Å². The molecular weight excluding hydrogens is 206 g/mol. The number of phenols is 1. The Labute approximate surface area is 85.9 Å². The highest BCUT2D eigenvalue weighted by Gasteiger charge is 2.22. The summed E-state index contributed by atoms with van der Waals surface area (Å²) in [6.07, 6.45) is 0. The van der Waals surface area contributed by atoms with Gasteiger partial charge in [0.25, 0.3) is 0 Å². The average molecular weight is 216 g/mol. The Morgan fingerprint density at radius 2 is 2.21 bits per heavy atom. The number of nitrogens with two attached hydrogens (primary N) is 1. The van der Waals surface area contributed by atoms with Crippen molar-refractivity contribution in [1.82, 2.24) is 0 Å². The fourth-order valence-corrected chi connectivity index (χ4v) is 1.36. The Kier molecular flexibility index (Phi) is 3.33. The van der Waals surface area contributed by atoms with Crippen LogP contribution in [0.15, 0.2) is 18.2 Å². The second-order valence-electron chi connectivity index (χ2n) is 2.80. The van der Waals surface area contributed by atoms with Crippen molar-refractivity contribution in [3.8, 4) is 5.75 Å². The highest BCUT2D eigenvalue weighted by molar-refractivity contribution is 6.32. The van der Waals surface area contributed by atoms with Crippen molar-refractivity contribution in [2.45, 2.75) is 5.92 Å². The number of halogens is 1. The van der Waals surface area contributed by atoms with E-state index in [2.05, 4.69) is 0 Å². The van der Waals surface area contributed by atoms with E-state index in [1.54, 1.807) is 6.07 Å². The summed E-state index contributed by atoms with van der Waals surface area (Å²) in [5, 5.41) is 18.4. The van der Waals surface area contributed by atoms with Gasteiger partial charge in [-0.3, -0.25) is 4.79 Å². The Morgan fingerprint density at radius 1 is 1.57 bits per heavy atom. The Balaban J connectivity index is 3.16. The zero-order valence-corrected chi connectivity index (χ0v) is 8.03. The van der Waals surface area contributed by atoms with Crippen LogP contribution in [0.25, 0.3) is 0 Å². The molecular formula is C9H10ClNO3. The number of aliphatic carboxylic acids is 1. The third-order valence-electron chi connectivity index (χ3n) is 1.93. The highest BCUT2D eigenvalue weighted by atomic mass is 35.5. The number of carboxylic acids is 1. The molecule has 4 nitrogen and oxygen atoms in total. The molecule has 0 aliphatic carbocycles. The van der Waals surface area contributed by atoms with Gasteiger partial charge in [0.15, 0.2) is 0 Å². The van der Waals surface area contributed by atoms with Crippen LogP contribution in [-0.2, 0) is 4.79 Å². The number of carbonyl (C=O) groups is 1. The molecule has 0 amide bonds. The van der Waals surface area contributed by atoms with E-state index >= 15 is 0 Å². The SMILES string of the molecule is NCC(C(=O)O)c1cccc(Cl)c1O. The lowest BCUT2D eigenvalue weighted by Crippen LogP contribution is -2.21. The van der Waals surface area contributed by atoms with Crippen LogP contribution in [0, 0.1) is 0 Å². The molecule has 1 unspecified atom stereocenters. The maximum absolute atomic E-state index is 10.8. The number of para-hydroxylation sites is 1. The summed E-state index contributed by atoms with van der Waals surface area (Å²) in [4.78, 5) is 10.8. The van der Waals surface area contributed by atoms with Crippen molar-refractivity contribution < 1.29 is 15.0 Å². The summed E-state index contributed by atoms with van der Waals surface area (Å²) >= 11 is 5.64. The van der Waals surface area contributed by atoms with Gasteiger partial charge in [-0.15, -0.1) is 0 Å². The highest BCUT2D eigenvalue weighted by Crippen LogP contribution is 2.32. The smallest absolute Gasteiger partial charge is 0.312 e. The van der Waals surface area contributed by atoms with Gasteiger partial charge in [0.2, 0.25) is 0 Å². The van der Waals surface area contributed by atoms with Gasteiger partial charge < -0.3 is 15.9 Å². The summed E-state index contributed by atoms with van der Waals surface area (Å²) in [7, 11) is 0. The van der Waals surface area contributed by atoms with Crippen molar-refractivity contribution in [2.75, 3.05) is 6.54 Å². The van der Waals surface area contributed by atoms with E-state index < -0.39 is 11.9 Å². The van der Waals surface area contributed by atoms with Gasteiger partial charge in [-0.05, 0) is 6.07 Å². The molecule has 1 aromatic carbocycles. The quantitative estimate of drug-likeness (QED) is 0.707. The number of phenolic OH excluding ortho intramolecular Hbond substituents is 1. The molecule has 4 N–H and O–H groups in total. The van der Waals surface area contributed by atoms with E-state index in [1.807, 2.05) is 0 Å². The molecule has 1 atom stereocenters. The fourth-order valence-electron chi connectivity index (χ4n) is 1.17. The van der Waals surface area contributed by atoms with Crippen LogP contribution >= 0.6 is 11.6 Å². The second-order valence-corrected chi connectivity index (χ2v) is 3.21. The molecule has 1 aromatic rings. The minimum absolute atomic E-state index is 0.0801. The van der Waals surface area contributed by atoms with E-state index in [0.29, 0.717) is 0 Å². The first kappa shape index (κ1) is 10.8. The molecule has 5 heteroatoms. The van der Waals surface area contributed by atoms with E-state index in [1.165, 1.54) is 12.1 Å². The van der Waals surface area contributed by atoms with Gasteiger partial charge in [-0.2, -0.15) is 0 Å². The molecule has 0 saturated heterocycles. The maximum atomic E-state index is 10.8. The first-order valence-electron chi connectivity index (χ1n) is 3.98. The molecule has 0 spiro atoms. The molecule has 0 aliphatic heterocycles. The molecule has 0 aromatic heterocycles. The second kappa shape index (κ2) is 4.30. The Morgan fingerprint density at radius 3 is 2.71 bits per heavy atom. The van der Waals surface area contributed by atoms with Crippen LogP contribution in [-0.4, -0.2) is 22.7 Å². The number of hydrogen-bond acceptors (Lipinski definition) is 3. The number of hydrogen-bond donors (Lipinski definition) is 3. The normalized spacial score (nSPS) is 12.4. The summed E-state index contributed by atoms with van der Waals surface area (Å²) in [5.74, 6) is -2.22. The number of carboxylic acid groups (broad SMARTS) is 1. The topological polar surface area (TPSA) is 83.6 Å². The third-order valence-corrected chi connectivity index (χ3v) is 2.23. The predicted molar refractivity (Wildman–Crippen MR) is 52.5 cm³/mol. The molecule has 0 heterocycles. The maximum Gasteiger partial charge on any atom is 0.312 e. The van der Waals surface area contributed by atoms with E-state index in [4.69, 9.17) is 22.4 Å². The number of rotatable bonds is 3. The lowest BCUT2D eigenvalue weighted by molar-refractivity contribution is -0.138. The van der Waals surface area contributed by atoms with Gasteiger partial charge in [0.1, 0.15) is 5.75 Å². The van der Waals surface area contributed by atoms with Crippen LogP contribution in [0.4, 0.5) is 0 Å². The molecule has 0 aliphatic rings. The van der Waals surface area contributed by atoms with Gasteiger partial charge in [0, 0.05) is 12.1 Å². The third kappa shape index (κ3) is 1.97. The number of benzene rings is 1. The van der Waals surface area contributed by atoms with Crippen LogP contribution in [0.5, 0.6) is 5.75 Å². The summed E-state index contributed by atoms with van der Waals surface area (Å²) in [6, 6.07) is 4.55. The van der Waals surface area contributed by atoms with Crippen LogP contribution in [0.2, 0.25) is 5.02 Å². The molecule has 76 valence electrons. The first-order valence-corrected chi connectivity index (χ1v) is 4.36. The Bertz CT molecular complexity index is 354. The minimum Gasteiger partial charge on any atom is -0.506 e. The molecule has 0 fully saturated rings. The van der Waals surface area contributed by atoms with E-state index in [9.17, 15) is 9.90 Å². The van der Waals surface area contributed by atoms with Crippen molar-refractivity contribution in [1.29, 1.82) is 0 Å².